The van der Waals surface area contributed by atoms with Crippen LogP contribution in [0.4, 0.5) is 0 Å². The van der Waals surface area contributed by atoms with Gasteiger partial charge in [-0.3, -0.25) is 0 Å². The summed E-state index contributed by atoms with van der Waals surface area (Å²) >= 11 is 0. The molecule has 1 aromatic heterocycles. The van der Waals surface area contributed by atoms with Gasteiger partial charge in [0.25, 0.3) is 0 Å². The number of nitrogens with zero attached hydrogens (tertiary/aromatic N) is 2. The van der Waals surface area contributed by atoms with Gasteiger partial charge in [0.15, 0.2) is 11.5 Å². The fourth-order valence-corrected chi connectivity index (χ4v) is 1.93. The molecule has 0 unspecified atom stereocenters. The van der Waals surface area contributed by atoms with Gasteiger partial charge in [-0.05, 0) is 19.9 Å². The Morgan fingerprint density at radius 1 is 1.44 bits per heavy atom. The first-order valence-corrected chi connectivity index (χ1v) is 6.01. The summed E-state index contributed by atoms with van der Waals surface area (Å²) in [5, 5.41) is 3.23. The van der Waals surface area contributed by atoms with Gasteiger partial charge in [-0.15, -0.1) is 0 Å². The lowest BCUT2D eigenvalue weighted by Gasteiger charge is -2.19. The standard InChI is InChI=1S/C12H17N3O3/c1-3-18-7-10-14-9-6-13-5-4-8(9)11(15-10)12(16)17-2/h13H,3-7H2,1-2H3. The minimum atomic E-state index is -0.409. The normalized spacial score (nSPS) is 14.1. The van der Waals surface area contributed by atoms with Crippen LogP contribution in [-0.2, 0) is 29.0 Å². The van der Waals surface area contributed by atoms with E-state index in [0.717, 1.165) is 24.2 Å². The Hall–Kier alpha value is -1.53. The molecule has 1 aromatic rings. The number of esters is 1. The molecule has 2 rings (SSSR count). The molecule has 0 radical (unpaired) electrons. The van der Waals surface area contributed by atoms with Crippen molar-refractivity contribution in [3.63, 3.8) is 0 Å². The van der Waals surface area contributed by atoms with E-state index in [1.165, 1.54) is 7.11 Å². The zero-order valence-corrected chi connectivity index (χ0v) is 10.7. The first kappa shape index (κ1) is 12.9. The first-order chi connectivity index (χ1) is 8.76. The van der Waals surface area contributed by atoms with Gasteiger partial charge >= 0.3 is 5.97 Å². The molecule has 0 aliphatic carbocycles. The molecule has 0 spiro atoms. The quantitative estimate of drug-likeness (QED) is 0.783. The number of fused-ring (bicyclic) bond motifs is 1. The van der Waals surface area contributed by atoms with Crippen molar-refractivity contribution >= 4 is 5.97 Å². The Labute approximate surface area is 106 Å². The summed E-state index contributed by atoms with van der Waals surface area (Å²) < 4.78 is 10.1. The number of carbonyl (C=O) groups excluding carboxylic acids is 1. The highest BCUT2D eigenvalue weighted by molar-refractivity contribution is 5.89. The predicted molar refractivity (Wildman–Crippen MR) is 64.1 cm³/mol. The molecule has 0 aromatic carbocycles. The van der Waals surface area contributed by atoms with E-state index in [1.807, 2.05) is 6.92 Å². The molecule has 18 heavy (non-hydrogen) atoms. The van der Waals surface area contributed by atoms with Gasteiger partial charge in [-0.2, -0.15) is 0 Å². The van der Waals surface area contributed by atoms with Crippen LogP contribution in [0.1, 0.15) is 34.5 Å². The van der Waals surface area contributed by atoms with Crippen molar-refractivity contribution in [3.8, 4) is 0 Å². The third-order valence-corrected chi connectivity index (χ3v) is 2.80. The molecule has 1 aliphatic heterocycles. The molecule has 1 aliphatic rings. The topological polar surface area (TPSA) is 73.3 Å². The van der Waals surface area contributed by atoms with Gasteiger partial charge in [0.2, 0.25) is 0 Å². The third-order valence-electron chi connectivity index (χ3n) is 2.80. The predicted octanol–water partition coefficient (Wildman–Crippen LogP) is 0.445. The van der Waals surface area contributed by atoms with E-state index >= 15 is 0 Å². The van der Waals surface area contributed by atoms with Crippen LogP contribution in [0.3, 0.4) is 0 Å². The van der Waals surface area contributed by atoms with E-state index < -0.39 is 5.97 Å². The molecular weight excluding hydrogens is 234 g/mol. The summed E-state index contributed by atoms with van der Waals surface area (Å²) in [5.41, 5.74) is 2.13. The van der Waals surface area contributed by atoms with Gasteiger partial charge in [0, 0.05) is 18.7 Å². The van der Waals surface area contributed by atoms with Crippen molar-refractivity contribution < 1.29 is 14.3 Å². The van der Waals surface area contributed by atoms with Crippen LogP contribution >= 0.6 is 0 Å². The lowest BCUT2D eigenvalue weighted by Crippen LogP contribution is -2.28. The fourth-order valence-electron chi connectivity index (χ4n) is 1.93. The highest BCUT2D eigenvalue weighted by Crippen LogP contribution is 2.17. The maximum atomic E-state index is 11.7. The lowest BCUT2D eigenvalue weighted by molar-refractivity contribution is 0.0590. The summed E-state index contributed by atoms with van der Waals surface area (Å²) in [6.07, 6.45) is 0.745. The van der Waals surface area contributed by atoms with Crippen LogP contribution in [0.15, 0.2) is 0 Å². The van der Waals surface area contributed by atoms with Crippen molar-refractivity contribution in [2.24, 2.45) is 0 Å². The lowest BCUT2D eigenvalue weighted by atomic mass is 10.0. The summed E-state index contributed by atoms with van der Waals surface area (Å²) in [5.74, 6) is 0.119. The number of hydrogen-bond acceptors (Lipinski definition) is 6. The molecule has 6 nitrogen and oxygen atoms in total. The van der Waals surface area contributed by atoms with E-state index in [1.54, 1.807) is 0 Å². The summed E-state index contributed by atoms with van der Waals surface area (Å²) in [6.45, 7) is 4.29. The Morgan fingerprint density at radius 2 is 2.28 bits per heavy atom. The maximum Gasteiger partial charge on any atom is 0.357 e. The summed E-state index contributed by atoms with van der Waals surface area (Å²) in [7, 11) is 1.36. The van der Waals surface area contributed by atoms with Gasteiger partial charge in [-0.1, -0.05) is 0 Å². The summed E-state index contributed by atoms with van der Waals surface area (Å²) in [4.78, 5) is 20.4. The number of aromatic nitrogens is 2. The van der Waals surface area contributed by atoms with Crippen LogP contribution in [0.2, 0.25) is 0 Å². The number of hydrogen-bond donors (Lipinski definition) is 1. The summed E-state index contributed by atoms with van der Waals surface area (Å²) in [6, 6.07) is 0. The molecule has 2 heterocycles. The van der Waals surface area contributed by atoms with E-state index in [2.05, 4.69) is 15.3 Å². The largest absolute Gasteiger partial charge is 0.464 e. The van der Waals surface area contributed by atoms with E-state index in [-0.39, 0.29) is 0 Å². The SMILES string of the molecule is CCOCc1nc2c(c(C(=O)OC)n1)CCNC2. The molecule has 98 valence electrons. The molecule has 0 fully saturated rings. The van der Waals surface area contributed by atoms with E-state index in [9.17, 15) is 4.79 Å². The Morgan fingerprint density at radius 3 is 3.00 bits per heavy atom. The van der Waals surface area contributed by atoms with Gasteiger partial charge < -0.3 is 14.8 Å². The zero-order chi connectivity index (χ0) is 13.0. The molecule has 0 amide bonds. The number of methoxy groups -OCH3 is 1. The van der Waals surface area contributed by atoms with Gasteiger partial charge in [0.1, 0.15) is 6.61 Å². The molecule has 1 N–H and O–H groups in total. The monoisotopic (exact) mass is 251 g/mol. The molecule has 0 bridgehead atoms. The molecule has 6 heteroatoms. The molecule has 0 saturated heterocycles. The average molecular weight is 251 g/mol. The second-order valence-electron chi connectivity index (χ2n) is 3.97. The van der Waals surface area contributed by atoms with Crippen LogP contribution < -0.4 is 5.32 Å². The molecule has 0 atom stereocenters. The van der Waals surface area contributed by atoms with E-state index in [0.29, 0.717) is 31.3 Å². The minimum absolute atomic E-state index is 0.313. The fraction of sp³-hybridized carbons (Fsp3) is 0.583. The van der Waals surface area contributed by atoms with Crippen molar-refractivity contribution in [1.29, 1.82) is 0 Å². The van der Waals surface area contributed by atoms with E-state index in [4.69, 9.17) is 9.47 Å². The second kappa shape index (κ2) is 5.88. The second-order valence-corrected chi connectivity index (χ2v) is 3.97. The third kappa shape index (κ3) is 2.65. The Bertz CT molecular complexity index is 448. The number of nitrogens with one attached hydrogen (secondary N) is 1. The number of carbonyl (C=O) groups is 1. The number of rotatable bonds is 4. The van der Waals surface area contributed by atoms with Crippen molar-refractivity contribution in [3.05, 3.63) is 22.8 Å². The van der Waals surface area contributed by atoms with Crippen LogP contribution in [-0.4, -0.2) is 36.2 Å². The number of ether oxygens (including phenoxy) is 2. The van der Waals surface area contributed by atoms with Gasteiger partial charge in [-0.25, -0.2) is 14.8 Å². The van der Waals surface area contributed by atoms with Crippen LogP contribution in [0, 0.1) is 0 Å². The highest BCUT2D eigenvalue weighted by atomic mass is 16.5. The Balaban J connectivity index is 2.37. The molecule has 0 saturated carbocycles. The smallest absolute Gasteiger partial charge is 0.357 e. The Kier molecular flexibility index (Phi) is 4.22. The highest BCUT2D eigenvalue weighted by Gasteiger charge is 2.22. The maximum absolute atomic E-state index is 11.7. The van der Waals surface area contributed by atoms with Crippen LogP contribution in [0.5, 0.6) is 0 Å². The van der Waals surface area contributed by atoms with Crippen molar-refractivity contribution in [2.45, 2.75) is 26.5 Å². The zero-order valence-electron chi connectivity index (χ0n) is 10.7. The average Bonchev–Trinajstić information content (AvgIpc) is 2.43. The van der Waals surface area contributed by atoms with Crippen molar-refractivity contribution in [1.82, 2.24) is 15.3 Å². The molecular formula is C12H17N3O3. The van der Waals surface area contributed by atoms with Gasteiger partial charge in [0.05, 0.1) is 12.8 Å². The van der Waals surface area contributed by atoms with Crippen LogP contribution in [0.25, 0.3) is 0 Å². The first-order valence-electron chi connectivity index (χ1n) is 6.01. The van der Waals surface area contributed by atoms with Crippen molar-refractivity contribution in [2.75, 3.05) is 20.3 Å². The minimum Gasteiger partial charge on any atom is -0.464 e.